The van der Waals surface area contributed by atoms with E-state index < -0.39 is 5.97 Å². The number of carboxylic acids is 1. The van der Waals surface area contributed by atoms with Crippen molar-refractivity contribution in [1.29, 1.82) is 0 Å². The fourth-order valence-electron chi connectivity index (χ4n) is 1.92. The summed E-state index contributed by atoms with van der Waals surface area (Å²) in [4.78, 5) is 11.9. The topological polar surface area (TPSA) is 49.3 Å². The maximum Gasteiger partial charge on any atom is 0.306 e. The van der Waals surface area contributed by atoms with Gasteiger partial charge in [-0.1, -0.05) is 12.1 Å². The lowest BCUT2D eigenvalue weighted by Gasteiger charge is -2.04. The van der Waals surface area contributed by atoms with Crippen molar-refractivity contribution in [2.45, 2.75) is 17.9 Å². The van der Waals surface area contributed by atoms with E-state index in [1.807, 2.05) is 0 Å². The van der Waals surface area contributed by atoms with E-state index in [0.29, 0.717) is 5.92 Å². The number of carbonyl (C=O) groups is 1. The first-order chi connectivity index (χ1) is 8.20. The van der Waals surface area contributed by atoms with Crippen molar-refractivity contribution < 1.29 is 9.90 Å². The van der Waals surface area contributed by atoms with Gasteiger partial charge in [-0.25, -0.2) is 0 Å². The first-order valence-electron chi connectivity index (χ1n) is 5.77. The standard InChI is InChI=1S/C13H17NO2S/c1-17-11-4-2-9(3-5-11)7-14-8-10-6-12(10)13(15)16/h2-5,10,12,14H,6-8H2,1H3,(H,15,16). The van der Waals surface area contributed by atoms with Crippen molar-refractivity contribution in [3.63, 3.8) is 0 Å². The van der Waals surface area contributed by atoms with Crippen LogP contribution in [0.4, 0.5) is 0 Å². The number of rotatable bonds is 6. The van der Waals surface area contributed by atoms with E-state index >= 15 is 0 Å². The van der Waals surface area contributed by atoms with Gasteiger partial charge in [0.25, 0.3) is 0 Å². The van der Waals surface area contributed by atoms with Gasteiger partial charge >= 0.3 is 5.97 Å². The minimum atomic E-state index is -0.652. The van der Waals surface area contributed by atoms with Gasteiger partial charge in [-0.3, -0.25) is 4.79 Å². The Bertz CT molecular complexity index is 391. The maximum atomic E-state index is 10.6. The fraction of sp³-hybridized carbons (Fsp3) is 0.462. The molecule has 1 aliphatic rings. The second kappa shape index (κ2) is 5.56. The summed E-state index contributed by atoms with van der Waals surface area (Å²) in [7, 11) is 0. The van der Waals surface area contributed by atoms with Crippen LogP contribution in [0.1, 0.15) is 12.0 Å². The average Bonchev–Trinajstić information content (AvgIpc) is 3.10. The molecule has 0 saturated heterocycles. The van der Waals surface area contributed by atoms with Gasteiger partial charge < -0.3 is 10.4 Å². The Morgan fingerprint density at radius 1 is 1.47 bits per heavy atom. The SMILES string of the molecule is CSc1ccc(CNCC2CC2C(=O)O)cc1. The number of carboxylic acid groups (broad SMARTS) is 1. The number of thioether (sulfide) groups is 1. The van der Waals surface area contributed by atoms with E-state index in [1.165, 1.54) is 10.5 Å². The zero-order valence-electron chi connectivity index (χ0n) is 9.85. The normalized spacial score (nSPS) is 22.4. The highest BCUT2D eigenvalue weighted by Crippen LogP contribution is 2.37. The predicted octanol–water partition coefficient (Wildman–Crippen LogP) is 2.22. The quantitative estimate of drug-likeness (QED) is 0.761. The van der Waals surface area contributed by atoms with Crippen LogP contribution in [-0.4, -0.2) is 23.9 Å². The molecule has 1 aromatic carbocycles. The Kier molecular flexibility index (Phi) is 4.07. The first-order valence-corrected chi connectivity index (χ1v) is 6.99. The van der Waals surface area contributed by atoms with Crippen LogP contribution in [0, 0.1) is 11.8 Å². The van der Waals surface area contributed by atoms with Crippen molar-refractivity contribution in [2.75, 3.05) is 12.8 Å². The molecule has 0 aromatic heterocycles. The summed E-state index contributed by atoms with van der Waals surface area (Å²) in [6.07, 6.45) is 2.89. The molecule has 4 heteroatoms. The highest BCUT2D eigenvalue weighted by molar-refractivity contribution is 7.98. The lowest BCUT2D eigenvalue weighted by atomic mass is 10.2. The third kappa shape index (κ3) is 3.48. The number of benzene rings is 1. The second-order valence-corrected chi connectivity index (χ2v) is 5.30. The van der Waals surface area contributed by atoms with Gasteiger partial charge in [0.15, 0.2) is 0 Å². The minimum Gasteiger partial charge on any atom is -0.481 e. The third-order valence-corrected chi connectivity index (χ3v) is 3.88. The van der Waals surface area contributed by atoms with E-state index in [2.05, 4.69) is 35.8 Å². The van der Waals surface area contributed by atoms with E-state index in [9.17, 15) is 4.79 Å². The van der Waals surface area contributed by atoms with E-state index in [4.69, 9.17) is 5.11 Å². The van der Waals surface area contributed by atoms with Crippen molar-refractivity contribution in [1.82, 2.24) is 5.32 Å². The Labute approximate surface area is 106 Å². The Hall–Kier alpha value is -1.00. The highest BCUT2D eigenvalue weighted by Gasteiger charge is 2.42. The molecule has 3 nitrogen and oxygen atoms in total. The number of hydrogen-bond donors (Lipinski definition) is 2. The summed E-state index contributed by atoms with van der Waals surface area (Å²) in [5.74, 6) is -0.430. The van der Waals surface area contributed by atoms with Crippen LogP contribution < -0.4 is 5.32 Å². The molecule has 1 saturated carbocycles. The molecule has 0 heterocycles. The number of hydrogen-bond acceptors (Lipinski definition) is 3. The largest absolute Gasteiger partial charge is 0.481 e. The maximum absolute atomic E-state index is 10.6. The monoisotopic (exact) mass is 251 g/mol. The Morgan fingerprint density at radius 2 is 2.18 bits per heavy atom. The summed E-state index contributed by atoms with van der Waals surface area (Å²) in [5, 5.41) is 12.1. The molecule has 0 bridgehead atoms. The zero-order valence-corrected chi connectivity index (χ0v) is 10.7. The smallest absolute Gasteiger partial charge is 0.306 e. The van der Waals surface area contributed by atoms with E-state index in [-0.39, 0.29) is 5.92 Å². The summed E-state index contributed by atoms with van der Waals surface area (Å²) < 4.78 is 0. The van der Waals surface area contributed by atoms with Gasteiger partial charge in [0.1, 0.15) is 0 Å². The van der Waals surface area contributed by atoms with Crippen molar-refractivity contribution in [2.24, 2.45) is 11.8 Å². The molecule has 1 aliphatic carbocycles. The van der Waals surface area contributed by atoms with E-state index in [0.717, 1.165) is 19.5 Å². The van der Waals surface area contributed by atoms with E-state index in [1.54, 1.807) is 11.8 Å². The average molecular weight is 251 g/mol. The zero-order chi connectivity index (χ0) is 12.3. The predicted molar refractivity (Wildman–Crippen MR) is 69.2 cm³/mol. The van der Waals surface area contributed by atoms with Crippen molar-refractivity contribution in [3.05, 3.63) is 29.8 Å². The van der Waals surface area contributed by atoms with Crippen LogP contribution >= 0.6 is 11.8 Å². The minimum absolute atomic E-state index is 0.110. The Balaban J connectivity index is 1.70. The molecule has 17 heavy (non-hydrogen) atoms. The van der Waals surface area contributed by atoms with Crippen molar-refractivity contribution in [3.8, 4) is 0 Å². The van der Waals surface area contributed by atoms with Crippen LogP contribution in [0.15, 0.2) is 29.2 Å². The molecule has 1 aromatic rings. The summed E-state index contributed by atoms with van der Waals surface area (Å²) in [5.41, 5.74) is 1.25. The highest BCUT2D eigenvalue weighted by atomic mass is 32.2. The number of aliphatic carboxylic acids is 1. The van der Waals surface area contributed by atoms with Gasteiger partial charge in [0.2, 0.25) is 0 Å². The van der Waals surface area contributed by atoms with Gasteiger partial charge in [-0.15, -0.1) is 11.8 Å². The molecule has 0 spiro atoms. The van der Waals surface area contributed by atoms with Gasteiger partial charge in [0.05, 0.1) is 5.92 Å². The summed E-state index contributed by atoms with van der Waals surface area (Å²) in [6.45, 7) is 1.62. The molecule has 2 rings (SSSR count). The summed E-state index contributed by atoms with van der Waals surface area (Å²) in [6, 6.07) is 8.44. The first kappa shape index (κ1) is 12.5. The molecular formula is C13H17NO2S. The fourth-order valence-corrected chi connectivity index (χ4v) is 2.33. The van der Waals surface area contributed by atoms with Gasteiger partial charge in [-0.05, 0) is 42.8 Å². The van der Waals surface area contributed by atoms with Gasteiger partial charge in [0, 0.05) is 11.4 Å². The van der Waals surface area contributed by atoms with Crippen molar-refractivity contribution >= 4 is 17.7 Å². The molecule has 0 radical (unpaired) electrons. The molecule has 2 unspecified atom stereocenters. The number of nitrogens with one attached hydrogen (secondary N) is 1. The molecule has 2 atom stereocenters. The molecule has 92 valence electrons. The van der Waals surface area contributed by atoms with Crippen LogP contribution in [0.5, 0.6) is 0 Å². The lowest BCUT2D eigenvalue weighted by molar-refractivity contribution is -0.138. The van der Waals surface area contributed by atoms with Crippen LogP contribution in [0.2, 0.25) is 0 Å². The Morgan fingerprint density at radius 3 is 2.71 bits per heavy atom. The molecule has 1 fully saturated rings. The molecular weight excluding hydrogens is 234 g/mol. The second-order valence-electron chi connectivity index (χ2n) is 4.42. The lowest BCUT2D eigenvalue weighted by Crippen LogP contribution is -2.18. The van der Waals surface area contributed by atoms with Crippen LogP contribution in [-0.2, 0) is 11.3 Å². The van der Waals surface area contributed by atoms with Crippen LogP contribution in [0.3, 0.4) is 0 Å². The molecule has 2 N–H and O–H groups in total. The van der Waals surface area contributed by atoms with Crippen LogP contribution in [0.25, 0.3) is 0 Å². The molecule has 0 amide bonds. The third-order valence-electron chi connectivity index (χ3n) is 3.13. The van der Waals surface area contributed by atoms with Gasteiger partial charge in [-0.2, -0.15) is 0 Å². The summed E-state index contributed by atoms with van der Waals surface area (Å²) >= 11 is 1.73. The molecule has 0 aliphatic heterocycles.